The van der Waals surface area contributed by atoms with Crippen molar-refractivity contribution in [3.8, 4) is 11.5 Å². The largest absolute Gasteiger partial charge is 0.493 e. The first-order valence-electron chi connectivity index (χ1n) is 10.7. The molecule has 1 aliphatic rings. The number of ether oxygens (including phenoxy) is 2. The summed E-state index contributed by atoms with van der Waals surface area (Å²) < 4.78 is 10.8. The summed E-state index contributed by atoms with van der Waals surface area (Å²) in [4.78, 5) is 28.7. The van der Waals surface area contributed by atoms with E-state index in [0.29, 0.717) is 22.2 Å². The molecule has 1 heterocycles. The summed E-state index contributed by atoms with van der Waals surface area (Å²) in [5, 5.41) is 3.28. The van der Waals surface area contributed by atoms with Crippen molar-refractivity contribution in [2.45, 2.75) is 23.5 Å². The highest BCUT2D eigenvalue weighted by molar-refractivity contribution is 7.99. The Bertz CT molecular complexity index is 1230. The van der Waals surface area contributed by atoms with Crippen LogP contribution in [0.1, 0.15) is 22.8 Å². The van der Waals surface area contributed by atoms with E-state index in [1.54, 1.807) is 43.0 Å². The molecule has 1 aliphatic heterocycles. The van der Waals surface area contributed by atoms with Crippen molar-refractivity contribution in [3.05, 3.63) is 76.8 Å². The second-order valence-corrected chi connectivity index (χ2v) is 9.54. The number of nitrogens with zero attached hydrogens (tertiary/aromatic N) is 1. The molecule has 4 rings (SSSR count). The van der Waals surface area contributed by atoms with Crippen LogP contribution < -0.4 is 19.7 Å². The summed E-state index contributed by atoms with van der Waals surface area (Å²) in [7, 11) is 3.18. The maximum Gasteiger partial charge on any atom is 0.244 e. The van der Waals surface area contributed by atoms with Gasteiger partial charge >= 0.3 is 0 Å². The second-order valence-electron chi connectivity index (χ2n) is 7.88. The Kier molecular flexibility index (Phi) is 7.34. The molecule has 176 valence electrons. The lowest BCUT2D eigenvalue weighted by atomic mass is 10.1. The summed E-state index contributed by atoms with van der Waals surface area (Å²) in [6, 6.07) is 18.7. The van der Waals surface area contributed by atoms with Crippen LogP contribution >= 0.6 is 23.4 Å². The molecular formula is C26H25ClN2O4S. The molecule has 1 N–H and O–H groups in total. The Morgan fingerprint density at radius 2 is 1.85 bits per heavy atom. The third kappa shape index (κ3) is 5.16. The Morgan fingerprint density at radius 3 is 2.59 bits per heavy atom. The zero-order valence-electron chi connectivity index (χ0n) is 19.1. The van der Waals surface area contributed by atoms with Gasteiger partial charge in [0.2, 0.25) is 11.8 Å². The van der Waals surface area contributed by atoms with Crippen LogP contribution in [0.15, 0.2) is 65.6 Å². The lowest BCUT2D eigenvalue weighted by molar-refractivity contribution is -0.121. The second kappa shape index (κ2) is 10.4. The predicted octanol–water partition coefficient (Wildman–Crippen LogP) is 5.87. The Hall–Kier alpha value is -3.16. The van der Waals surface area contributed by atoms with Crippen molar-refractivity contribution in [3.63, 3.8) is 0 Å². The first-order valence-corrected chi connectivity index (χ1v) is 12.0. The van der Waals surface area contributed by atoms with Gasteiger partial charge in [-0.25, -0.2) is 0 Å². The Balaban J connectivity index is 1.59. The van der Waals surface area contributed by atoms with Crippen molar-refractivity contribution >= 4 is 46.6 Å². The van der Waals surface area contributed by atoms with Gasteiger partial charge < -0.3 is 19.7 Å². The van der Waals surface area contributed by atoms with Crippen LogP contribution in [-0.2, 0) is 9.59 Å². The Labute approximate surface area is 208 Å². The zero-order chi connectivity index (χ0) is 24.2. The van der Waals surface area contributed by atoms with Gasteiger partial charge in [0, 0.05) is 27.3 Å². The number of amides is 2. The van der Waals surface area contributed by atoms with E-state index < -0.39 is 0 Å². The average molecular weight is 497 g/mol. The highest BCUT2D eigenvalue weighted by Gasteiger charge is 2.31. The lowest BCUT2D eigenvalue weighted by Gasteiger charge is -2.22. The topological polar surface area (TPSA) is 67.9 Å². The number of nitrogens with one attached hydrogen (secondary N) is 1. The van der Waals surface area contributed by atoms with Crippen LogP contribution in [0.25, 0.3) is 0 Å². The number of hydrogen-bond acceptors (Lipinski definition) is 5. The van der Waals surface area contributed by atoms with Gasteiger partial charge in [-0.05, 0) is 54.4 Å². The third-order valence-electron chi connectivity index (χ3n) is 5.62. The molecule has 0 saturated heterocycles. The molecule has 34 heavy (non-hydrogen) atoms. The van der Waals surface area contributed by atoms with E-state index in [1.165, 1.54) is 0 Å². The number of aryl methyl sites for hydroxylation is 1. The van der Waals surface area contributed by atoms with Gasteiger partial charge in [-0.2, -0.15) is 0 Å². The molecular weight excluding hydrogens is 472 g/mol. The fraction of sp³-hybridized carbons (Fsp3) is 0.231. The smallest absolute Gasteiger partial charge is 0.244 e. The van der Waals surface area contributed by atoms with Crippen LogP contribution in [0.2, 0.25) is 5.02 Å². The summed E-state index contributed by atoms with van der Waals surface area (Å²) in [5.41, 5.74) is 3.19. The number of para-hydroxylation sites is 1. The monoisotopic (exact) mass is 496 g/mol. The molecule has 0 spiro atoms. The fourth-order valence-corrected chi connectivity index (χ4v) is 5.26. The summed E-state index contributed by atoms with van der Waals surface area (Å²) in [6.45, 7) is 1.80. The molecule has 0 radical (unpaired) electrons. The minimum absolute atomic E-state index is 0.0967. The number of carbonyl (C=O) groups is 2. The van der Waals surface area contributed by atoms with Gasteiger partial charge in [-0.1, -0.05) is 35.9 Å². The fourth-order valence-electron chi connectivity index (χ4n) is 3.80. The van der Waals surface area contributed by atoms with Gasteiger partial charge in [0.25, 0.3) is 0 Å². The maximum atomic E-state index is 13.4. The molecule has 6 nitrogen and oxygen atoms in total. The van der Waals surface area contributed by atoms with Gasteiger partial charge in [-0.15, -0.1) is 11.8 Å². The van der Waals surface area contributed by atoms with E-state index in [9.17, 15) is 9.59 Å². The van der Waals surface area contributed by atoms with Crippen LogP contribution in [0, 0.1) is 6.92 Å². The average Bonchev–Trinajstić information content (AvgIpc) is 2.97. The normalized spacial score (nSPS) is 15.4. The minimum atomic E-state index is -0.294. The molecule has 0 aromatic heterocycles. The quantitative estimate of drug-likeness (QED) is 0.462. The number of benzene rings is 3. The summed E-state index contributed by atoms with van der Waals surface area (Å²) in [5.74, 6) is 0.816. The van der Waals surface area contributed by atoms with Gasteiger partial charge in [0.05, 0.1) is 19.9 Å². The summed E-state index contributed by atoms with van der Waals surface area (Å²) in [6.07, 6.45) is 0.235. The number of rotatable bonds is 6. The first-order chi connectivity index (χ1) is 16.4. The van der Waals surface area contributed by atoms with Gasteiger partial charge in [-0.3, -0.25) is 9.59 Å². The molecule has 2 amide bonds. The lowest BCUT2D eigenvalue weighted by Crippen LogP contribution is -2.38. The van der Waals surface area contributed by atoms with Crippen molar-refractivity contribution in [2.24, 2.45) is 0 Å². The van der Waals surface area contributed by atoms with E-state index in [1.807, 2.05) is 55.5 Å². The number of halogens is 1. The van der Waals surface area contributed by atoms with Crippen molar-refractivity contribution in [2.75, 3.05) is 31.0 Å². The van der Waals surface area contributed by atoms with E-state index >= 15 is 0 Å². The van der Waals surface area contributed by atoms with Gasteiger partial charge in [0.1, 0.15) is 6.54 Å². The molecule has 3 aromatic carbocycles. The standard InChI is InChI=1S/C26H25ClN2O4S/c1-16-8-10-18(13-19(16)27)28-25(30)15-29-20-6-4-5-7-23(20)34-24(14-26(29)31)17-9-11-21(32-2)22(12-17)33-3/h4-13,24H,14-15H2,1-3H3,(H,28,30)/t24-/m0/s1. The van der Waals surface area contributed by atoms with E-state index in [2.05, 4.69) is 5.32 Å². The van der Waals surface area contributed by atoms with Crippen molar-refractivity contribution in [1.29, 1.82) is 0 Å². The number of methoxy groups -OCH3 is 2. The zero-order valence-corrected chi connectivity index (χ0v) is 20.7. The van der Waals surface area contributed by atoms with Crippen molar-refractivity contribution in [1.82, 2.24) is 0 Å². The van der Waals surface area contributed by atoms with Crippen molar-refractivity contribution < 1.29 is 19.1 Å². The molecule has 0 saturated carbocycles. The van der Waals surface area contributed by atoms with E-state index in [4.69, 9.17) is 21.1 Å². The van der Waals surface area contributed by atoms with Crippen LogP contribution in [-0.4, -0.2) is 32.6 Å². The maximum absolute atomic E-state index is 13.4. The molecule has 0 aliphatic carbocycles. The van der Waals surface area contributed by atoms with Crippen LogP contribution in [0.4, 0.5) is 11.4 Å². The number of thioether (sulfide) groups is 1. The minimum Gasteiger partial charge on any atom is -0.493 e. The SMILES string of the molecule is COc1ccc([C@@H]2CC(=O)N(CC(=O)Nc3ccc(C)c(Cl)c3)c3ccccc3S2)cc1OC. The number of carbonyl (C=O) groups excluding carboxylic acids is 2. The molecule has 8 heteroatoms. The number of fused-ring (bicyclic) bond motifs is 1. The molecule has 0 fully saturated rings. The third-order valence-corrected chi connectivity index (χ3v) is 7.35. The van der Waals surface area contributed by atoms with E-state index in [0.717, 1.165) is 21.7 Å². The van der Waals surface area contributed by atoms with E-state index in [-0.39, 0.29) is 30.0 Å². The Morgan fingerprint density at radius 1 is 1.09 bits per heavy atom. The van der Waals surface area contributed by atoms with Crippen LogP contribution in [0.3, 0.4) is 0 Å². The molecule has 0 unspecified atom stereocenters. The molecule has 0 bridgehead atoms. The number of hydrogen-bond donors (Lipinski definition) is 1. The van der Waals surface area contributed by atoms with Gasteiger partial charge in [0.15, 0.2) is 11.5 Å². The van der Waals surface area contributed by atoms with Crippen LogP contribution in [0.5, 0.6) is 11.5 Å². The predicted molar refractivity (Wildman–Crippen MR) is 136 cm³/mol. The molecule has 1 atom stereocenters. The summed E-state index contributed by atoms with van der Waals surface area (Å²) >= 11 is 7.78. The first kappa shape index (κ1) is 24.0. The number of anilines is 2. The molecule has 3 aromatic rings. The highest BCUT2D eigenvalue weighted by Crippen LogP contribution is 2.46. The highest BCUT2D eigenvalue weighted by atomic mass is 35.5.